The van der Waals surface area contributed by atoms with Gasteiger partial charge in [0.2, 0.25) is 5.91 Å². The number of hydrazone groups is 1. The van der Waals surface area contributed by atoms with Gasteiger partial charge in [-0.15, -0.1) is 11.8 Å². The number of carbonyl (C=O) groups excluding carboxylic acids is 1. The van der Waals surface area contributed by atoms with Gasteiger partial charge < -0.3 is 0 Å². The lowest BCUT2D eigenvalue weighted by Crippen LogP contribution is -2.19. The first kappa shape index (κ1) is 18.1. The average molecular weight is 352 g/mol. The third kappa shape index (κ3) is 5.73. The standard InChI is InChI=1S/C17H15F3N2OS/c1-12-5-7-15(8-6-12)24-11-16(23)22-21-10-13-3-2-4-14(9-13)17(18,19)20/h2-10H,11H2,1H3,(H,22,23)/b21-10-. The molecule has 0 saturated carbocycles. The molecule has 0 aliphatic carbocycles. The minimum atomic E-state index is -4.40. The van der Waals surface area contributed by atoms with E-state index in [1.807, 2.05) is 31.2 Å². The van der Waals surface area contributed by atoms with Crippen molar-refractivity contribution in [3.63, 3.8) is 0 Å². The van der Waals surface area contributed by atoms with Crippen molar-refractivity contribution < 1.29 is 18.0 Å². The Morgan fingerprint density at radius 3 is 2.58 bits per heavy atom. The lowest BCUT2D eigenvalue weighted by molar-refractivity contribution is -0.137. The van der Waals surface area contributed by atoms with Crippen molar-refractivity contribution in [2.75, 3.05) is 5.75 Å². The predicted molar refractivity (Wildman–Crippen MR) is 89.1 cm³/mol. The molecule has 0 fully saturated rings. The highest BCUT2D eigenvalue weighted by Crippen LogP contribution is 2.29. The second-order valence-corrected chi connectivity index (χ2v) is 6.07. The molecule has 0 unspecified atom stereocenters. The van der Waals surface area contributed by atoms with E-state index in [0.29, 0.717) is 0 Å². The van der Waals surface area contributed by atoms with E-state index in [-0.39, 0.29) is 17.2 Å². The van der Waals surface area contributed by atoms with Gasteiger partial charge in [-0.05, 0) is 36.8 Å². The van der Waals surface area contributed by atoms with Crippen molar-refractivity contribution in [3.05, 3.63) is 65.2 Å². The molecule has 0 bridgehead atoms. The summed E-state index contributed by atoms with van der Waals surface area (Å²) in [5.41, 5.74) is 2.94. The van der Waals surface area contributed by atoms with Gasteiger partial charge >= 0.3 is 6.18 Å². The van der Waals surface area contributed by atoms with Crippen LogP contribution in [-0.2, 0) is 11.0 Å². The van der Waals surface area contributed by atoms with Gasteiger partial charge in [0.25, 0.3) is 0 Å². The summed E-state index contributed by atoms with van der Waals surface area (Å²) in [6.07, 6.45) is -3.22. The van der Waals surface area contributed by atoms with E-state index in [0.717, 1.165) is 22.6 Å². The van der Waals surface area contributed by atoms with Gasteiger partial charge in [-0.3, -0.25) is 4.79 Å². The third-order valence-corrected chi connectivity index (χ3v) is 4.02. The fraction of sp³-hybridized carbons (Fsp3) is 0.176. The van der Waals surface area contributed by atoms with Crippen LogP contribution in [0.15, 0.2) is 58.5 Å². The van der Waals surface area contributed by atoms with Gasteiger partial charge in [-0.1, -0.05) is 29.8 Å². The summed E-state index contributed by atoms with van der Waals surface area (Å²) in [4.78, 5) is 12.6. The molecule has 2 aromatic rings. The number of hydrogen-bond donors (Lipinski definition) is 1. The summed E-state index contributed by atoms with van der Waals surface area (Å²) >= 11 is 1.35. The van der Waals surface area contributed by atoms with Gasteiger partial charge in [0.05, 0.1) is 17.5 Å². The molecular weight excluding hydrogens is 337 g/mol. The molecule has 1 N–H and O–H groups in total. The van der Waals surface area contributed by atoms with Gasteiger partial charge in [0.15, 0.2) is 0 Å². The fourth-order valence-corrected chi connectivity index (χ4v) is 2.48. The van der Waals surface area contributed by atoms with E-state index in [1.54, 1.807) is 0 Å². The molecule has 0 atom stereocenters. The molecule has 0 aromatic heterocycles. The van der Waals surface area contributed by atoms with Gasteiger partial charge in [-0.25, -0.2) is 5.43 Å². The summed E-state index contributed by atoms with van der Waals surface area (Å²) in [7, 11) is 0. The molecule has 0 aliphatic heterocycles. The van der Waals surface area contributed by atoms with Gasteiger partial charge in [0, 0.05) is 4.90 Å². The first-order valence-corrected chi connectivity index (χ1v) is 8.02. The van der Waals surface area contributed by atoms with Crippen molar-refractivity contribution in [3.8, 4) is 0 Å². The normalized spacial score (nSPS) is 11.7. The number of thioether (sulfide) groups is 1. The summed E-state index contributed by atoms with van der Waals surface area (Å²) < 4.78 is 37.8. The van der Waals surface area contributed by atoms with Crippen LogP contribution in [0.4, 0.5) is 13.2 Å². The number of aryl methyl sites for hydroxylation is 1. The highest BCUT2D eigenvalue weighted by molar-refractivity contribution is 8.00. The number of nitrogens with one attached hydrogen (secondary N) is 1. The molecule has 0 spiro atoms. The van der Waals surface area contributed by atoms with E-state index < -0.39 is 11.7 Å². The largest absolute Gasteiger partial charge is 0.416 e. The number of nitrogens with zero attached hydrogens (tertiary/aromatic N) is 1. The Kier molecular flexibility index (Phi) is 6.03. The maximum absolute atomic E-state index is 12.6. The SMILES string of the molecule is Cc1ccc(SCC(=O)N/N=C\c2cccc(C(F)(F)F)c2)cc1. The maximum atomic E-state index is 12.6. The first-order valence-electron chi connectivity index (χ1n) is 7.03. The number of alkyl halides is 3. The summed E-state index contributed by atoms with van der Waals surface area (Å²) in [6, 6.07) is 12.5. The molecule has 0 aliphatic rings. The maximum Gasteiger partial charge on any atom is 0.416 e. The Hall–Kier alpha value is -2.28. The summed E-state index contributed by atoms with van der Waals surface area (Å²) in [6.45, 7) is 1.98. The number of hydrogen-bond acceptors (Lipinski definition) is 3. The number of carbonyl (C=O) groups is 1. The van der Waals surface area contributed by atoms with Crippen molar-refractivity contribution in [2.24, 2.45) is 5.10 Å². The summed E-state index contributed by atoms with van der Waals surface area (Å²) in [5.74, 6) is -0.160. The molecule has 0 heterocycles. The topological polar surface area (TPSA) is 41.5 Å². The molecular formula is C17H15F3N2OS. The molecule has 126 valence electrons. The van der Waals surface area contributed by atoms with E-state index in [9.17, 15) is 18.0 Å². The zero-order valence-electron chi connectivity index (χ0n) is 12.8. The van der Waals surface area contributed by atoms with E-state index in [4.69, 9.17) is 0 Å². The Bertz CT molecular complexity index is 727. The van der Waals surface area contributed by atoms with Crippen molar-refractivity contribution in [1.82, 2.24) is 5.43 Å². The number of amides is 1. The smallest absolute Gasteiger partial charge is 0.272 e. The highest BCUT2D eigenvalue weighted by atomic mass is 32.2. The number of benzene rings is 2. The number of halogens is 3. The Morgan fingerprint density at radius 1 is 1.21 bits per heavy atom. The first-order chi connectivity index (χ1) is 11.3. The van der Waals surface area contributed by atoms with Crippen LogP contribution in [0, 0.1) is 6.92 Å². The van der Waals surface area contributed by atoms with Crippen LogP contribution < -0.4 is 5.43 Å². The van der Waals surface area contributed by atoms with E-state index in [1.165, 1.54) is 30.1 Å². The van der Waals surface area contributed by atoms with Crippen molar-refractivity contribution >= 4 is 23.9 Å². The van der Waals surface area contributed by atoms with Crippen LogP contribution in [0.25, 0.3) is 0 Å². The molecule has 2 rings (SSSR count). The molecule has 2 aromatic carbocycles. The van der Waals surface area contributed by atoms with Crippen molar-refractivity contribution in [1.29, 1.82) is 0 Å². The zero-order valence-corrected chi connectivity index (χ0v) is 13.6. The fourth-order valence-electron chi connectivity index (χ4n) is 1.79. The second kappa shape index (κ2) is 8.01. The molecule has 1 amide bonds. The molecule has 7 heteroatoms. The molecule has 24 heavy (non-hydrogen) atoms. The average Bonchev–Trinajstić information content (AvgIpc) is 2.54. The third-order valence-electron chi connectivity index (χ3n) is 3.01. The molecule has 3 nitrogen and oxygen atoms in total. The van der Waals surface area contributed by atoms with Crippen molar-refractivity contribution in [2.45, 2.75) is 18.0 Å². The summed E-state index contributed by atoms with van der Waals surface area (Å²) in [5, 5.41) is 3.69. The second-order valence-electron chi connectivity index (χ2n) is 5.02. The Balaban J connectivity index is 1.85. The molecule has 0 saturated heterocycles. The minimum absolute atomic E-state index is 0.170. The predicted octanol–water partition coefficient (Wildman–Crippen LogP) is 4.26. The van der Waals surface area contributed by atoms with E-state index in [2.05, 4.69) is 10.5 Å². The van der Waals surface area contributed by atoms with Crippen LogP contribution in [0.3, 0.4) is 0 Å². The van der Waals surface area contributed by atoms with Gasteiger partial charge in [-0.2, -0.15) is 18.3 Å². The van der Waals surface area contributed by atoms with Crippen LogP contribution >= 0.6 is 11.8 Å². The Morgan fingerprint density at radius 2 is 1.92 bits per heavy atom. The molecule has 0 radical (unpaired) electrons. The highest BCUT2D eigenvalue weighted by Gasteiger charge is 2.30. The van der Waals surface area contributed by atoms with Crippen LogP contribution in [0.1, 0.15) is 16.7 Å². The Labute approximate surface area is 142 Å². The minimum Gasteiger partial charge on any atom is -0.272 e. The zero-order chi connectivity index (χ0) is 17.6. The monoisotopic (exact) mass is 352 g/mol. The lowest BCUT2D eigenvalue weighted by atomic mass is 10.1. The number of rotatable bonds is 5. The quantitative estimate of drug-likeness (QED) is 0.496. The van der Waals surface area contributed by atoms with Crippen LogP contribution in [0.5, 0.6) is 0 Å². The van der Waals surface area contributed by atoms with Gasteiger partial charge in [0.1, 0.15) is 0 Å². The van der Waals surface area contributed by atoms with E-state index >= 15 is 0 Å². The van der Waals surface area contributed by atoms with Crippen LogP contribution in [-0.4, -0.2) is 17.9 Å². The lowest BCUT2D eigenvalue weighted by Gasteiger charge is -2.06. The van der Waals surface area contributed by atoms with Crippen LogP contribution in [0.2, 0.25) is 0 Å².